The number of carbonyl (C=O) groups is 3. The molecule has 2 heterocycles. The highest BCUT2D eigenvalue weighted by molar-refractivity contribution is 5.92. The van der Waals surface area contributed by atoms with Gasteiger partial charge in [-0.3, -0.25) is 19.4 Å². The minimum absolute atomic E-state index is 0.107. The van der Waals surface area contributed by atoms with E-state index >= 15 is 0 Å². The van der Waals surface area contributed by atoms with Crippen molar-refractivity contribution in [3.63, 3.8) is 0 Å². The summed E-state index contributed by atoms with van der Waals surface area (Å²) in [5.41, 5.74) is 2.37. The Morgan fingerprint density at radius 2 is 1.82 bits per heavy atom. The van der Waals surface area contributed by atoms with Gasteiger partial charge in [-0.1, -0.05) is 44.2 Å². The Labute approximate surface area is 193 Å². The zero-order valence-electron chi connectivity index (χ0n) is 19.3. The van der Waals surface area contributed by atoms with Crippen LogP contribution in [0.25, 0.3) is 0 Å². The van der Waals surface area contributed by atoms with E-state index in [1.807, 2.05) is 24.3 Å². The number of nitrogens with one attached hydrogen (secondary N) is 1. The van der Waals surface area contributed by atoms with Crippen molar-refractivity contribution in [1.29, 1.82) is 0 Å². The predicted molar refractivity (Wildman–Crippen MR) is 120 cm³/mol. The van der Waals surface area contributed by atoms with Crippen LogP contribution >= 0.6 is 0 Å². The monoisotopic (exact) mass is 454 g/mol. The molecule has 0 aliphatic carbocycles. The number of amides is 1. The molecule has 1 fully saturated rings. The van der Waals surface area contributed by atoms with Crippen molar-refractivity contribution in [3.8, 4) is 0 Å². The molecule has 0 unspecified atom stereocenters. The molecule has 1 amide bonds. The van der Waals surface area contributed by atoms with E-state index in [4.69, 9.17) is 14.2 Å². The molecular weight excluding hydrogens is 424 g/mol. The number of carbonyl (C=O) groups excluding carboxylic acids is 3. The van der Waals surface area contributed by atoms with E-state index < -0.39 is 36.3 Å². The fourth-order valence-corrected chi connectivity index (χ4v) is 3.84. The fourth-order valence-electron chi connectivity index (χ4n) is 3.84. The minimum Gasteiger partial charge on any atom is -0.463 e. The van der Waals surface area contributed by atoms with Crippen molar-refractivity contribution in [3.05, 3.63) is 65.5 Å². The average molecular weight is 455 g/mol. The van der Waals surface area contributed by atoms with E-state index in [1.54, 1.807) is 18.2 Å². The van der Waals surface area contributed by atoms with Crippen LogP contribution in [0, 0.1) is 0 Å². The van der Waals surface area contributed by atoms with Gasteiger partial charge in [-0.2, -0.15) is 0 Å². The molecule has 1 aromatic heterocycles. The van der Waals surface area contributed by atoms with Crippen LogP contribution in [0.15, 0.2) is 48.7 Å². The SMILES string of the molecule is CC(=O)OC[C@H]1O[C@H](c2ccc(C(C)C)cc2)C[C@H](NC(=O)c2ccccn2)[C@@H]1OC(C)=O. The van der Waals surface area contributed by atoms with Gasteiger partial charge >= 0.3 is 11.9 Å². The van der Waals surface area contributed by atoms with E-state index in [2.05, 4.69) is 24.1 Å². The number of nitrogens with zero attached hydrogens (tertiary/aromatic N) is 1. The Bertz CT molecular complexity index is 961. The van der Waals surface area contributed by atoms with E-state index in [1.165, 1.54) is 25.6 Å². The number of hydrogen-bond acceptors (Lipinski definition) is 7. The normalized spacial score (nSPS) is 22.5. The second kappa shape index (κ2) is 11.0. The maximum Gasteiger partial charge on any atom is 0.303 e. The highest BCUT2D eigenvalue weighted by Gasteiger charge is 2.43. The van der Waals surface area contributed by atoms with Gasteiger partial charge in [0.05, 0.1) is 12.1 Å². The molecular formula is C25H30N2O6. The Kier molecular flexibility index (Phi) is 8.16. The summed E-state index contributed by atoms with van der Waals surface area (Å²) in [4.78, 5) is 40.2. The number of pyridine rings is 1. The lowest BCUT2D eigenvalue weighted by atomic mass is 9.90. The predicted octanol–water partition coefficient (Wildman–Crippen LogP) is 3.33. The summed E-state index contributed by atoms with van der Waals surface area (Å²) < 4.78 is 16.9. The molecule has 1 aromatic carbocycles. The molecule has 0 bridgehead atoms. The molecule has 8 heteroatoms. The van der Waals surface area contributed by atoms with Crippen molar-refractivity contribution in [2.75, 3.05) is 6.61 Å². The van der Waals surface area contributed by atoms with Gasteiger partial charge in [0.2, 0.25) is 0 Å². The quantitative estimate of drug-likeness (QED) is 0.640. The van der Waals surface area contributed by atoms with Crippen molar-refractivity contribution < 1.29 is 28.6 Å². The molecule has 1 saturated heterocycles. The summed E-state index contributed by atoms with van der Waals surface area (Å²) in [7, 11) is 0. The molecule has 0 saturated carbocycles. The van der Waals surface area contributed by atoms with Crippen molar-refractivity contribution in [2.45, 2.75) is 64.4 Å². The lowest BCUT2D eigenvalue weighted by molar-refractivity contribution is -0.187. The maximum atomic E-state index is 12.8. The highest BCUT2D eigenvalue weighted by atomic mass is 16.6. The Morgan fingerprint density at radius 3 is 2.39 bits per heavy atom. The standard InChI is InChI=1S/C25H30N2O6/c1-15(2)18-8-10-19(11-9-18)22-13-21(27-25(30)20-7-5-6-12-26-20)24(32-17(4)29)23(33-22)14-31-16(3)28/h5-12,15,21-24H,13-14H2,1-4H3,(H,27,30)/t21-,22-,23+,24-/m0/s1. The van der Waals surface area contributed by atoms with Crippen LogP contribution in [0.5, 0.6) is 0 Å². The van der Waals surface area contributed by atoms with Crippen molar-refractivity contribution in [2.24, 2.45) is 0 Å². The average Bonchev–Trinajstić information content (AvgIpc) is 2.79. The van der Waals surface area contributed by atoms with Crippen LogP contribution in [0.2, 0.25) is 0 Å². The zero-order valence-corrected chi connectivity index (χ0v) is 19.3. The molecule has 1 aliphatic heterocycles. The van der Waals surface area contributed by atoms with Gasteiger partial charge in [0.25, 0.3) is 5.91 Å². The van der Waals surface area contributed by atoms with Crippen LogP contribution in [0.3, 0.4) is 0 Å². The summed E-state index contributed by atoms with van der Waals surface area (Å²) in [6.07, 6.45) is -0.0808. The zero-order chi connectivity index (χ0) is 24.0. The number of benzene rings is 1. The molecule has 1 N–H and O–H groups in total. The van der Waals surface area contributed by atoms with Gasteiger partial charge in [0.1, 0.15) is 18.4 Å². The van der Waals surface area contributed by atoms with Crippen LogP contribution in [-0.2, 0) is 23.8 Å². The van der Waals surface area contributed by atoms with E-state index in [0.717, 1.165) is 5.56 Å². The first-order valence-electron chi connectivity index (χ1n) is 11.0. The minimum atomic E-state index is -0.833. The molecule has 3 rings (SSSR count). The molecule has 1 aliphatic rings. The number of ether oxygens (including phenoxy) is 3. The van der Waals surface area contributed by atoms with E-state index in [0.29, 0.717) is 12.3 Å². The van der Waals surface area contributed by atoms with Crippen LogP contribution < -0.4 is 5.32 Å². The van der Waals surface area contributed by atoms with Gasteiger partial charge in [0.15, 0.2) is 6.10 Å². The summed E-state index contributed by atoms with van der Waals surface area (Å²) in [6.45, 7) is 6.72. The highest BCUT2D eigenvalue weighted by Crippen LogP contribution is 2.34. The summed E-state index contributed by atoms with van der Waals surface area (Å²) >= 11 is 0. The largest absolute Gasteiger partial charge is 0.463 e. The number of esters is 2. The lowest BCUT2D eigenvalue weighted by Gasteiger charge is -2.41. The van der Waals surface area contributed by atoms with Gasteiger partial charge in [-0.05, 0) is 29.2 Å². The second-order valence-corrected chi connectivity index (χ2v) is 8.39. The maximum absolute atomic E-state index is 12.8. The van der Waals surface area contributed by atoms with Gasteiger partial charge in [-0.25, -0.2) is 0 Å². The molecule has 0 spiro atoms. The Balaban J connectivity index is 1.89. The third-order valence-corrected chi connectivity index (χ3v) is 5.51. The van der Waals surface area contributed by atoms with Crippen LogP contribution in [0.4, 0.5) is 0 Å². The molecule has 2 aromatic rings. The first-order chi connectivity index (χ1) is 15.7. The first-order valence-corrected chi connectivity index (χ1v) is 11.0. The fraction of sp³-hybridized carbons (Fsp3) is 0.440. The third-order valence-electron chi connectivity index (χ3n) is 5.51. The molecule has 4 atom stereocenters. The molecule has 33 heavy (non-hydrogen) atoms. The van der Waals surface area contributed by atoms with E-state index in [-0.39, 0.29) is 18.2 Å². The van der Waals surface area contributed by atoms with Crippen molar-refractivity contribution >= 4 is 17.8 Å². The smallest absolute Gasteiger partial charge is 0.303 e. The topological polar surface area (TPSA) is 104 Å². The first kappa shape index (κ1) is 24.4. The number of hydrogen-bond donors (Lipinski definition) is 1. The lowest BCUT2D eigenvalue weighted by Crippen LogP contribution is -2.56. The molecule has 0 radical (unpaired) electrons. The van der Waals surface area contributed by atoms with Gasteiger partial charge in [-0.15, -0.1) is 0 Å². The third kappa shape index (κ3) is 6.61. The van der Waals surface area contributed by atoms with Gasteiger partial charge < -0.3 is 19.5 Å². The number of aromatic nitrogens is 1. The summed E-state index contributed by atoms with van der Waals surface area (Å²) in [5, 5.41) is 2.94. The molecule has 8 nitrogen and oxygen atoms in total. The molecule has 176 valence electrons. The Hall–Kier alpha value is -3.26. The van der Waals surface area contributed by atoms with Crippen molar-refractivity contribution in [1.82, 2.24) is 10.3 Å². The Morgan fingerprint density at radius 1 is 1.09 bits per heavy atom. The van der Waals surface area contributed by atoms with E-state index in [9.17, 15) is 14.4 Å². The van der Waals surface area contributed by atoms with Crippen LogP contribution in [0.1, 0.15) is 67.8 Å². The number of rotatable bonds is 7. The summed E-state index contributed by atoms with van der Waals surface area (Å²) in [6, 6.07) is 12.5. The second-order valence-electron chi connectivity index (χ2n) is 8.39. The van der Waals surface area contributed by atoms with Crippen LogP contribution in [-0.4, -0.2) is 47.7 Å². The summed E-state index contributed by atoms with van der Waals surface area (Å²) in [5.74, 6) is -0.993. The van der Waals surface area contributed by atoms with Gasteiger partial charge in [0, 0.05) is 26.5 Å².